The van der Waals surface area contributed by atoms with Crippen molar-refractivity contribution in [2.45, 2.75) is 40.0 Å². The van der Waals surface area contributed by atoms with Crippen molar-refractivity contribution in [2.75, 3.05) is 0 Å². The Balaban J connectivity index is 0. The summed E-state index contributed by atoms with van der Waals surface area (Å²) in [5.41, 5.74) is -1.11. The SMILES string of the molecule is CCC(C(=O)O)C(CC)(CC)C(=O)O.[AlH3]. The summed E-state index contributed by atoms with van der Waals surface area (Å²) < 4.78 is 0. The Labute approximate surface area is 101 Å². The van der Waals surface area contributed by atoms with Gasteiger partial charge in [-0.25, -0.2) is 0 Å². The van der Waals surface area contributed by atoms with Crippen LogP contribution in [0.3, 0.4) is 0 Å². The lowest BCUT2D eigenvalue weighted by Crippen LogP contribution is -2.41. The molecule has 0 bridgehead atoms. The highest BCUT2D eigenvalue weighted by atomic mass is 27.0. The summed E-state index contributed by atoms with van der Waals surface area (Å²) in [4.78, 5) is 22.1. The average Bonchev–Trinajstić information content (AvgIpc) is 2.12. The van der Waals surface area contributed by atoms with Gasteiger partial charge in [-0.2, -0.15) is 0 Å². The Morgan fingerprint density at radius 2 is 1.53 bits per heavy atom. The fraction of sp³-hybridized carbons (Fsp3) is 0.800. The van der Waals surface area contributed by atoms with Crippen molar-refractivity contribution in [1.82, 2.24) is 0 Å². The van der Waals surface area contributed by atoms with E-state index in [0.717, 1.165) is 0 Å². The van der Waals surface area contributed by atoms with Crippen LogP contribution in [0, 0.1) is 11.3 Å². The van der Waals surface area contributed by atoms with Gasteiger partial charge in [0.1, 0.15) is 0 Å². The molecule has 88 valence electrons. The van der Waals surface area contributed by atoms with Crippen LogP contribution >= 0.6 is 0 Å². The van der Waals surface area contributed by atoms with Crippen LogP contribution in [-0.2, 0) is 9.59 Å². The summed E-state index contributed by atoms with van der Waals surface area (Å²) in [7, 11) is 0. The van der Waals surface area contributed by atoms with Crippen molar-refractivity contribution in [3.8, 4) is 0 Å². The van der Waals surface area contributed by atoms with Crippen LogP contribution in [0.4, 0.5) is 0 Å². The first kappa shape index (κ1) is 16.9. The summed E-state index contributed by atoms with van der Waals surface area (Å²) >= 11 is 0. The van der Waals surface area contributed by atoms with Gasteiger partial charge in [0.05, 0.1) is 11.3 Å². The molecule has 1 atom stereocenters. The van der Waals surface area contributed by atoms with Crippen molar-refractivity contribution < 1.29 is 19.8 Å². The summed E-state index contributed by atoms with van der Waals surface area (Å²) in [6, 6.07) is 0. The van der Waals surface area contributed by atoms with Crippen LogP contribution in [0.5, 0.6) is 0 Å². The van der Waals surface area contributed by atoms with Crippen molar-refractivity contribution in [1.29, 1.82) is 0 Å². The molecule has 4 nitrogen and oxygen atoms in total. The molecule has 0 spiro atoms. The van der Waals surface area contributed by atoms with Gasteiger partial charge >= 0.3 is 11.9 Å². The summed E-state index contributed by atoms with van der Waals surface area (Å²) in [5.74, 6) is -2.81. The molecule has 1 unspecified atom stereocenters. The van der Waals surface area contributed by atoms with Crippen LogP contribution in [0.2, 0.25) is 0 Å². The van der Waals surface area contributed by atoms with Gasteiger partial charge in [0, 0.05) is 0 Å². The van der Waals surface area contributed by atoms with Crippen LogP contribution in [0.25, 0.3) is 0 Å². The van der Waals surface area contributed by atoms with E-state index in [1.165, 1.54) is 0 Å². The minimum Gasteiger partial charge on any atom is -0.481 e. The number of hydrogen-bond donors (Lipinski definition) is 2. The second-order valence-corrected chi connectivity index (χ2v) is 3.47. The summed E-state index contributed by atoms with van der Waals surface area (Å²) in [5, 5.41) is 18.1. The highest BCUT2D eigenvalue weighted by Gasteiger charge is 2.45. The molecule has 0 aliphatic heterocycles. The molecule has 0 aromatic carbocycles. The van der Waals surface area contributed by atoms with E-state index in [1.54, 1.807) is 20.8 Å². The number of carbonyl (C=O) groups is 2. The van der Waals surface area contributed by atoms with E-state index in [0.29, 0.717) is 19.3 Å². The maximum atomic E-state index is 11.1. The topological polar surface area (TPSA) is 74.6 Å². The predicted molar refractivity (Wildman–Crippen MR) is 62.0 cm³/mol. The minimum absolute atomic E-state index is 0. The van der Waals surface area contributed by atoms with Gasteiger partial charge in [-0.15, -0.1) is 0 Å². The van der Waals surface area contributed by atoms with Gasteiger partial charge in [0.25, 0.3) is 0 Å². The molecule has 5 heteroatoms. The van der Waals surface area contributed by atoms with Gasteiger partial charge in [-0.1, -0.05) is 20.8 Å². The zero-order valence-corrected chi connectivity index (χ0v) is 8.91. The Morgan fingerprint density at radius 1 is 1.13 bits per heavy atom. The van der Waals surface area contributed by atoms with Crippen LogP contribution in [-0.4, -0.2) is 39.5 Å². The molecule has 0 aromatic rings. The Morgan fingerprint density at radius 3 is 1.60 bits per heavy atom. The molecule has 0 saturated carbocycles. The zero-order valence-electron chi connectivity index (χ0n) is 8.91. The van der Waals surface area contributed by atoms with Crippen LogP contribution in [0.1, 0.15) is 40.0 Å². The first-order chi connectivity index (χ1) is 6.46. The third-order valence-corrected chi connectivity index (χ3v) is 3.06. The summed E-state index contributed by atoms with van der Waals surface area (Å²) in [6.07, 6.45) is 1.05. The van der Waals surface area contributed by atoms with Gasteiger partial charge in [-0.05, 0) is 19.3 Å². The molecule has 0 fully saturated rings. The van der Waals surface area contributed by atoms with Crippen LogP contribution in [0.15, 0.2) is 0 Å². The lowest BCUT2D eigenvalue weighted by atomic mass is 9.70. The molecule has 0 aliphatic rings. The number of rotatable bonds is 6. The largest absolute Gasteiger partial charge is 0.481 e. The molecular weight excluding hydrogens is 211 g/mol. The van der Waals surface area contributed by atoms with E-state index in [2.05, 4.69) is 0 Å². The second kappa shape index (κ2) is 6.87. The van der Waals surface area contributed by atoms with Crippen molar-refractivity contribution in [3.63, 3.8) is 0 Å². The minimum atomic E-state index is -1.11. The zero-order chi connectivity index (χ0) is 11.4. The van der Waals surface area contributed by atoms with E-state index in [1.807, 2.05) is 0 Å². The van der Waals surface area contributed by atoms with Gasteiger partial charge < -0.3 is 10.2 Å². The highest BCUT2D eigenvalue weighted by Crippen LogP contribution is 2.37. The number of hydrogen-bond acceptors (Lipinski definition) is 2. The van der Waals surface area contributed by atoms with Crippen molar-refractivity contribution >= 4 is 29.3 Å². The second-order valence-electron chi connectivity index (χ2n) is 3.47. The monoisotopic (exact) mass is 232 g/mol. The fourth-order valence-corrected chi connectivity index (χ4v) is 2.00. The van der Waals surface area contributed by atoms with Gasteiger partial charge in [0.15, 0.2) is 17.4 Å². The van der Waals surface area contributed by atoms with E-state index >= 15 is 0 Å². The van der Waals surface area contributed by atoms with Crippen LogP contribution < -0.4 is 0 Å². The molecule has 15 heavy (non-hydrogen) atoms. The maximum Gasteiger partial charge on any atom is 0.310 e. The van der Waals surface area contributed by atoms with E-state index in [4.69, 9.17) is 10.2 Å². The lowest BCUT2D eigenvalue weighted by Gasteiger charge is -2.32. The van der Waals surface area contributed by atoms with E-state index in [-0.39, 0.29) is 17.4 Å². The Hall–Kier alpha value is -0.528. The lowest BCUT2D eigenvalue weighted by molar-refractivity contribution is -0.163. The first-order valence-electron chi connectivity index (χ1n) is 4.92. The number of carboxylic acid groups (broad SMARTS) is 2. The molecule has 0 aromatic heterocycles. The Kier molecular flexibility index (Phi) is 7.73. The van der Waals surface area contributed by atoms with Gasteiger partial charge in [0.2, 0.25) is 0 Å². The number of aliphatic carboxylic acids is 2. The first-order valence-corrected chi connectivity index (χ1v) is 4.92. The molecule has 0 saturated heterocycles. The average molecular weight is 232 g/mol. The summed E-state index contributed by atoms with van der Waals surface area (Å²) in [6.45, 7) is 5.16. The maximum absolute atomic E-state index is 11.1. The fourth-order valence-electron chi connectivity index (χ4n) is 2.00. The quantitative estimate of drug-likeness (QED) is 0.664. The molecule has 0 radical (unpaired) electrons. The molecule has 0 heterocycles. The molecule has 2 N–H and O–H groups in total. The van der Waals surface area contributed by atoms with E-state index < -0.39 is 23.3 Å². The van der Waals surface area contributed by atoms with Crippen molar-refractivity contribution in [2.24, 2.45) is 11.3 Å². The molecule has 0 amide bonds. The van der Waals surface area contributed by atoms with Crippen molar-refractivity contribution in [3.05, 3.63) is 0 Å². The van der Waals surface area contributed by atoms with Gasteiger partial charge in [-0.3, -0.25) is 9.59 Å². The normalized spacial score (nSPS) is 12.7. The third kappa shape index (κ3) is 3.22. The Bertz CT molecular complexity index is 223. The third-order valence-electron chi connectivity index (χ3n) is 3.06. The predicted octanol–water partition coefficient (Wildman–Crippen LogP) is 0.804. The molecule has 0 aliphatic carbocycles. The molecular formula is C10H21AlO4. The highest BCUT2D eigenvalue weighted by molar-refractivity contribution is 5.83. The number of carboxylic acids is 2. The van der Waals surface area contributed by atoms with E-state index in [9.17, 15) is 9.59 Å². The molecule has 0 rings (SSSR count). The smallest absolute Gasteiger partial charge is 0.310 e. The standard InChI is InChI=1S/C10H18O4.Al.3H/c1-4-7(8(11)12)10(5-2,6-3)9(13)14;;;;/h7H,4-6H2,1-3H3,(H,11,12)(H,13,14);;;;.